The maximum Gasteiger partial charge on any atom is 0.264 e. The molecule has 2 aromatic rings. The predicted molar refractivity (Wildman–Crippen MR) is 118 cm³/mol. The second-order valence-corrected chi connectivity index (χ2v) is 6.93. The largest absolute Gasteiger partial charge is 0.483 e. The minimum Gasteiger partial charge on any atom is -0.483 e. The number of ether oxygens (including phenoxy) is 1. The molecule has 0 saturated carbocycles. The third-order valence-corrected chi connectivity index (χ3v) is 4.11. The number of anilines is 1. The number of carbonyl (C=O) groups is 3. The zero-order valence-corrected chi connectivity index (χ0v) is 17.6. The lowest BCUT2D eigenvalue weighted by atomic mass is 10.1. The molecule has 0 fully saturated rings. The molecule has 0 radical (unpaired) electrons. The number of hydrogen-bond donors (Lipinski definition) is 4. The Hall–Kier alpha value is -3.46. The van der Waals surface area contributed by atoms with Gasteiger partial charge in [0, 0.05) is 18.5 Å². The highest BCUT2D eigenvalue weighted by Crippen LogP contribution is 2.18. The minimum atomic E-state index is -0.468. The minimum absolute atomic E-state index is 0.00517. The molecule has 0 unspecified atom stereocenters. The molecule has 0 aliphatic carbocycles. The van der Waals surface area contributed by atoms with Crippen LogP contribution in [0.1, 0.15) is 24.0 Å². The van der Waals surface area contributed by atoms with E-state index in [0.717, 1.165) is 11.1 Å². The van der Waals surface area contributed by atoms with Gasteiger partial charge in [-0.2, -0.15) is 0 Å². The Kier molecular flexibility index (Phi) is 8.76. The van der Waals surface area contributed by atoms with E-state index in [1.165, 1.54) is 0 Å². The summed E-state index contributed by atoms with van der Waals surface area (Å²) in [6, 6.07) is 14.7. The second-order valence-electron chi connectivity index (χ2n) is 6.52. The molecular formula is C21H24N4O4S. The lowest BCUT2D eigenvalue weighted by Gasteiger charge is -2.12. The van der Waals surface area contributed by atoms with Gasteiger partial charge in [-0.3, -0.25) is 30.6 Å². The van der Waals surface area contributed by atoms with Gasteiger partial charge >= 0.3 is 0 Å². The fourth-order valence-electron chi connectivity index (χ4n) is 2.36. The summed E-state index contributed by atoms with van der Waals surface area (Å²) in [6.45, 7) is 3.59. The fourth-order valence-corrected chi connectivity index (χ4v) is 2.53. The van der Waals surface area contributed by atoms with Crippen LogP contribution < -0.4 is 26.2 Å². The monoisotopic (exact) mass is 428 g/mol. The maximum atomic E-state index is 11.9. The molecule has 2 rings (SSSR count). The van der Waals surface area contributed by atoms with E-state index in [1.807, 2.05) is 38.1 Å². The molecule has 0 saturated heterocycles. The van der Waals surface area contributed by atoms with Crippen LogP contribution in [0.2, 0.25) is 0 Å². The number of amides is 3. The van der Waals surface area contributed by atoms with Crippen molar-refractivity contribution >= 4 is 40.7 Å². The highest BCUT2D eigenvalue weighted by molar-refractivity contribution is 7.80. The van der Waals surface area contributed by atoms with Gasteiger partial charge < -0.3 is 10.1 Å². The van der Waals surface area contributed by atoms with E-state index >= 15 is 0 Å². The second kappa shape index (κ2) is 11.5. The summed E-state index contributed by atoms with van der Waals surface area (Å²) in [5.41, 5.74) is 7.35. The third-order valence-electron chi connectivity index (χ3n) is 3.91. The van der Waals surface area contributed by atoms with Crippen LogP contribution in [0.5, 0.6) is 5.75 Å². The third kappa shape index (κ3) is 8.27. The number of hydrogen-bond acceptors (Lipinski definition) is 5. The molecule has 3 amide bonds. The van der Waals surface area contributed by atoms with E-state index in [4.69, 9.17) is 17.0 Å². The van der Waals surface area contributed by atoms with E-state index in [1.54, 1.807) is 24.3 Å². The van der Waals surface area contributed by atoms with Gasteiger partial charge in [0.05, 0.1) is 0 Å². The number of hydrazine groups is 1. The zero-order chi connectivity index (χ0) is 21.9. The summed E-state index contributed by atoms with van der Waals surface area (Å²) in [6.07, 6.45) is -0.0385. The Balaban J connectivity index is 1.63. The summed E-state index contributed by atoms with van der Waals surface area (Å²) in [5, 5.41) is 5.01. The van der Waals surface area contributed by atoms with Gasteiger partial charge in [0.25, 0.3) is 5.91 Å². The molecule has 2 aromatic carbocycles. The quantitative estimate of drug-likeness (QED) is 0.397. The van der Waals surface area contributed by atoms with Crippen LogP contribution in [0.25, 0.3) is 0 Å². The maximum absolute atomic E-state index is 11.9. The summed E-state index contributed by atoms with van der Waals surface area (Å²) in [4.78, 5) is 35.6. The van der Waals surface area contributed by atoms with Crippen LogP contribution >= 0.6 is 12.2 Å². The van der Waals surface area contributed by atoms with Crippen molar-refractivity contribution in [1.29, 1.82) is 0 Å². The Bertz CT molecular complexity index is 918. The summed E-state index contributed by atoms with van der Waals surface area (Å²) in [5.74, 6) is -0.576. The first-order valence-corrected chi connectivity index (χ1v) is 9.68. The summed E-state index contributed by atoms with van der Waals surface area (Å²) in [7, 11) is 0. The average molecular weight is 429 g/mol. The molecule has 0 atom stereocenters. The lowest BCUT2D eigenvalue weighted by Crippen LogP contribution is -2.49. The van der Waals surface area contributed by atoms with Crippen molar-refractivity contribution in [2.45, 2.75) is 26.7 Å². The highest BCUT2D eigenvalue weighted by atomic mass is 32.1. The molecular weight excluding hydrogens is 404 g/mol. The fraction of sp³-hybridized carbons (Fsp3) is 0.238. The van der Waals surface area contributed by atoms with Crippen molar-refractivity contribution in [2.24, 2.45) is 0 Å². The van der Waals surface area contributed by atoms with Crippen molar-refractivity contribution in [3.63, 3.8) is 0 Å². The Morgan fingerprint density at radius 3 is 2.33 bits per heavy atom. The molecule has 0 heterocycles. The van der Waals surface area contributed by atoms with Crippen LogP contribution in [0.3, 0.4) is 0 Å². The van der Waals surface area contributed by atoms with Gasteiger partial charge in [-0.1, -0.05) is 30.3 Å². The molecule has 0 aliphatic heterocycles. The van der Waals surface area contributed by atoms with Gasteiger partial charge in [0.1, 0.15) is 5.75 Å². The van der Waals surface area contributed by atoms with E-state index in [-0.39, 0.29) is 30.5 Å². The van der Waals surface area contributed by atoms with Crippen molar-refractivity contribution in [1.82, 2.24) is 16.2 Å². The molecule has 30 heavy (non-hydrogen) atoms. The zero-order valence-electron chi connectivity index (χ0n) is 16.8. The summed E-state index contributed by atoms with van der Waals surface area (Å²) < 4.78 is 5.49. The van der Waals surface area contributed by atoms with Crippen molar-refractivity contribution in [2.75, 3.05) is 11.9 Å². The van der Waals surface area contributed by atoms with Crippen LogP contribution in [0.4, 0.5) is 5.69 Å². The molecule has 0 bridgehead atoms. The van der Waals surface area contributed by atoms with Gasteiger partial charge in [0.2, 0.25) is 11.8 Å². The van der Waals surface area contributed by atoms with Gasteiger partial charge in [-0.15, -0.1) is 0 Å². The Labute approximate surface area is 180 Å². The predicted octanol–water partition coefficient (Wildman–Crippen LogP) is 2.12. The Morgan fingerprint density at radius 1 is 0.900 bits per heavy atom. The van der Waals surface area contributed by atoms with E-state index in [0.29, 0.717) is 11.4 Å². The number of carbonyl (C=O) groups excluding carboxylic acids is 3. The number of benzene rings is 2. The number of nitrogens with one attached hydrogen (secondary N) is 4. The normalized spacial score (nSPS) is 9.93. The smallest absolute Gasteiger partial charge is 0.264 e. The average Bonchev–Trinajstić information content (AvgIpc) is 2.72. The molecule has 8 nitrogen and oxygen atoms in total. The number of thiocarbonyl (C=S) groups is 1. The van der Waals surface area contributed by atoms with Crippen molar-refractivity contribution in [3.05, 3.63) is 59.7 Å². The molecule has 4 N–H and O–H groups in total. The van der Waals surface area contributed by atoms with Crippen LogP contribution in [-0.2, 0) is 14.4 Å². The van der Waals surface area contributed by atoms with Crippen LogP contribution in [-0.4, -0.2) is 29.4 Å². The topological polar surface area (TPSA) is 109 Å². The SMILES string of the molecule is Cc1ccc(C)c(OCC(=O)NC(=S)NNC(=O)CCC(=O)Nc2ccccc2)c1. The van der Waals surface area contributed by atoms with E-state index < -0.39 is 11.8 Å². The first-order chi connectivity index (χ1) is 14.3. The standard InChI is InChI=1S/C21H24N4O4S/c1-14-8-9-15(2)17(12-14)29-13-20(28)23-21(30)25-24-19(27)11-10-18(26)22-16-6-4-3-5-7-16/h3-9,12H,10-11,13H2,1-2H3,(H,22,26)(H,24,27)(H2,23,25,28,30). The highest BCUT2D eigenvalue weighted by Gasteiger charge is 2.10. The number of aryl methyl sites for hydroxylation is 2. The van der Waals surface area contributed by atoms with E-state index in [2.05, 4.69) is 21.5 Å². The van der Waals surface area contributed by atoms with Crippen molar-refractivity contribution < 1.29 is 19.1 Å². The van der Waals surface area contributed by atoms with E-state index in [9.17, 15) is 14.4 Å². The lowest BCUT2D eigenvalue weighted by molar-refractivity contribution is -0.125. The number of para-hydroxylation sites is 1. The molecule has 158 valence electrons. The summed E-state index contributed by atoms with van der Waals surface area (Å²) >= 11 is 4.96. The van der Waals surface area contributed by atoms with Crippen molar-refractivity contribution in [3.8, 4) is 5.75 Å². The molecule has 0 spiro atoms. The van der Waals surface area contributed by atoms with Gasteiger partial charge in [-0.05, 0) is 55.4 Å². The molecule has 0 aromatic heterocycles. The van der Waals surface area contributed by atoms with Crippen LogP contribution in [0, 0.1) is 13.8 Å². The van der Waals surface area contributed by atoms with Crippen LogP contribution in [0.15, 0.2) is 48.5 Å². The molecule has 9 heteroatoms. The first kappa shape index (κ1) is 22.8. The Morgan fingerprint density at radius 2 is 1.60 bits per heavy atom. The molecule has 0 aliphatic rings. The van der Waals surface area contributed by atoms with Gasteiger partial charge in [0.15, 0.2) is 11.7 Å². The number of rotatable bonds is 7. The van der Waals surface area contributed by atoms with Gasteiger partial charge in [-0.25, -0.2) is 0 Å². The first-order valence-electron chi connectivity index (χ1n) is 9.27.